The first-order valence-electron chi connectivity index (χ1n) is 6.49. The molecule has 1 aliphatic rings. The number of amides is 2. The Kier molecular flexibility index (Phi) is 5.91. The number of hydrogen-bond donors (Lipinski definition) is 2. The van der Waals surface area contributed by atoms with Gasteiger partial charge in [0.15, 0.2) is 0 Å². The number of alkyl carbamates (subject to hydrolysis) is 1. The van der Waals surface area contributed by atoms with Crippen LogP contribution in [0.3, 0.4) is 0 Å². The van der Waals surface area contributed by atoms with E-state index < -0.39 is 6.09 Å². The number of nitrogens with zero attached hydrogens (tertiary/aromatic N) is 1. The first kappa shape index (κ1) is 14.8. The average Bonchev–Trinajstić information content (AvgIpc) is 2.28. The normalized spacial score (nSPS) is 21.3. The van der Waals surface area contributed by atoms with E-state index in [4.69, 9.17) is 10.5 Å². The summed E-state index contributed by atoms with van der Waals surface area (Å²) in [5.41, 5.74) is 5.62. The van der Waals surface area contributed by atoms with Crippen LogP contribution < -0.4 is 11.1 Å². The average molecular weight is 257 g/mol. The number of rotatable bonds is 4. The molecule has 3 N–H and O–H groups in total. The summed E-state index contributed by atoms with van der Waals surface area (Å²) in [6.45, 7) is 5.22. The van der Waals surface area contributed by atoms with Gasteiger partial charge >= 0.3 is 6.09 Å². The van der Waals surface area contributed by atoms with Crippen molar-refractivity contribution in [2.75, 3.05) is 19.7 Å². The Morgan fingerprint density at radius 1 is 1.56 bits per heavy atom. The molecule has 2 amide bonds. The summed E-state index contributed by atoms with van der Waals surface area (Å²) in [5.74, 6) is 0.0559. The third-order valence-corrected chi connectivity index (χ3v) is 2.87. The molecule has 1 aliphatic heterocycles. The summed E-state index contributed by atoms with van der Waals surface area (Å²) in [6.07, 6.45) is 1.71. The molecule has 104 valence electrons. The van der Waals surface area contributed by atoms with Gasteiger partial charge in [0.1, 0.15) is 0 Å². The number of ether oxygens (including phenoxy) is 1. The fourth-order valence-corrected chi connectivity index (χ4v) is 2.07. The fraction of sp³-hybridized carbons (Fsp3) is 0.833. The maximum absolute atomic E-state index is 11.9. The second-order valence-electron chi connectivity index (χ2n) is 4.73. The van der Waals surface area contributed by atoms with Gasteiger partial charge in [-0.2, -0.15) is 0 Å². The zero-order valence-electron chi connectivity index (χ0n) is 11.1. The van der Waals surface area contributed by atoms with E-state index in [0.29, 0.717) is 19.6 Å². The van der Waals surface area contributed by atoms with Crippen LogP contribution in [0.4, 0.5) is 4.79 Å². The van der Waals surface area contributed by atoms with E-state index in [0.717, 1.165) is 19.4 Å². The van der Waals surface area contributed by atoms with Gasteiger partial charge in [0.05, 0.1) is 6.61 Å². The molecule has 6 nitrogen and oxygen atoms in total. The molecule has 0 spiro atoms. The molecule has 0 aliphatic carbocycles. The van der Waals surface area contributed by atoms with Crippen molar-refractivity contribution in [3.63, 3.8) is 0 Å². The van der Waals surface area contributed by atoms with Crippen molar-refractivity contribution < 1.29 is 14.3 Å². The Bertz CT molecular complexity index is 294. The van der Waals surface area contributed by atoms with Gasteiger partial charge in [0.25, 0.3) is 0 Å². The Hall–Kier alpha value is -1.30. The Morgan fingerprint density at radius 2 is 2.28 bits per heavy atom. The smallest absolute Gasteiger partial charge is 0.407 e. The molecule has 2 unspecified atom stereocenters. The largest absolute Gasteiger partial charge is 0.450 e. The molecule has 18 heavy (non-hydrogen) atoms. The summed E-state index contributed by atoms with van der Waals surface area (Å²) in [5, 5.41) is 2.77. The maximum Gasteiger partial charge on any atom is 0.407 e. The quantitative estimate of drug-likeness (QED) is 0.766. The predicted molar refractivity (Wildman–Crippen MR) is 68.0 cm³/mol. The van der Waals surface area contributed by atoms with Gasteiger partial charge in [-0.1, -0.05) is 0 Å². The summed E-state index contributed by atoms with van der Waals surface area (Å²) < 4.78 is 4.83. The third kappa shape index (κ3) is 4.91. The molecule has 0 aromatic rings. The van der Waals surface area contributed by atoms with E-state index in [1.54, 1.807) is 11.8 Å². The van der Waals surface area contributed by atoms with Crippen LogP contribution in [0, 0.1) is 0 Å². The van der Waals surface area contributed by atoms with Crippen molar-refractivity contribution in [1.82, 2.24) is 10.2 Å². The summed E-state index contributed by atoms with van der Waals surface area (Å²) in [7, 11) is 0. The van der Waals surface area contributed by atoms with Crippen molar-refractivity contribution in [3.8, 4) is 0 Å². The van der Waals surface area contributed by atoms with Crippen LogP contribution in [-0.4, -0.2) is 48.7 Å². The molecule has 0 radical (unpaired) electrons. The molecule has 1 heterocycles. The minimum atomic E-state index is -0.413. The van der Waals surface area contributed by atoms with Crippen molar-refractivity contribution in [2.24, 2.45) is 5.73 Å². The molecule has 1 rings (SSSR count). The first-order valence-corrected chi connectivity index (χ1v) is 6.49. The van der Waals surface area contributed by atoms with Crippen LogP contribution in [0.5, 0.6) is 0 Å². The number of nitrogens with two attached hydrogens (primary N) is 1. The highest BCUT2D eigenvalue weighted by Crippen LogP contribution is 2.12. The van der Waals surface area contributed by atoms with E-state index in [-0.39, 0.29) is 18.0 Å². The van der Waals surface area contributed by atoms with E-state index in [1.165, 1.54) is 0 Å². The molecule has 2 atom stereocenters. The minimum Gasteiger partial charge on any atom is -0.450 e. The number of piperidine rings is 1. The van der Waals surface area contributed by atoms with E-state index in [9.17, 15) is 9.59 Å². The standard InChI is InChI=1S/C12H23N3O3/c1-3-18-12(17)14-10-5-4-6-15(8-10)11(16)7-9(2)13/h9-10H,3-8,13H2,1-2H3,(H,14,17). The lowest BCUT2D eigenvalue weighted by molar-refractivity contribution is -0.132. The molecule has 6 heteroatoms. The van der Waals surface area contributed by atoms with Gasteiger partial charge in [-0.05, 0) is 26.7 Å². The van der Waals surface area contributed by atoms with Crippen molar-refractivity contribution in [2.45, 2.75) is 45.2 Å². The molecular formula is C12H23N3O3. The second-order valence-corrected chi connectivity index (χ2v) is 4.73. The lowest BCUT2D eigenvalue weighted by Crippen LogP contribution is -2.50. The molecule has 0 bridgehead atoms. The summed E-state index contributed by atoms with van der Waals surface area (Å²) in [4.78, 5) is 24.9. The SMILES string of the molecule is CCOC(=O)NC1CCCN(C(=O)CC(C)N)C1. The van der Waals surface area contributed by atoms with Gasteiger partial charge < -0.3 is 20.7 Å². The van der Waals surface area contributed by atoms with Crippen LogP contribution >= 0.6 is 0 Å². The number of carbonyl (C=O) groups is 2. The number of hydrogen-bond acceptors (Lipinski definition) is 4. The zero-order valence-corrected chi connectivity index (χ0v) is 11.1. The summed E-state index contributed by atoms with van der Waals surface area (Å²) in [6, 6.07) is -0.147. The molecular weight excluding hydrogens is 234 g/mol. The molecule has 0 aromatic heterocycles. The predicted octanol–water partition coefficient (Wildman–Crippen LogP) is 0.461. The maximum atomic E-state index is 11.9. The zero-order chi connectivity index (χ0) is 13.5. The molecule has 0 aromatic carbocycles. The van der Waals surface area contributed by atoms with Crippen LogP contribution in [-0.2, 0) is 9.53 Å². The van der Waals surface area contributed by atoms with Crippen LogP contribution in [0.2, 0.25) is 0 Å². The monoisotopic (exact) mass is 257 g/mol. The highest BCUT2D eigenvalue weighted by Gasteiger charge is 2.25. The number of carbonyl (C=O) groups excluding carboxylic acids is 2. The highest BCUT2D eigenvalue weighted by atomic mass is 16.5. The Labute approximate surface area is 108 Å². The van der Waals surface area contributed by atoms with Crippen LogP contribution in [0.25, 0.3) is 0 Å². The lowest BCUT2D eigenvalue weighted by atomic mass is 10.0. The first-order chi connectivity index (χ1) is 8.52. The number of likely N-dealkylation sites (tertiary alicyclic amines) is 1. The summed E-state index contributed by atoms with van der Waals surface area (Å²) >= 11 is 0. The minimum absolute atomic E-state index is 0.0187. The van der Waals surface area contributed by atoms with E-state index in [1.807, 2.05) is 6.92 Å². The van der Waals surface area contributed by atoms with Gasteiger partial charge in [-0.3, -0.25) is 4.79 Å². The van der Waals surface area contributed by atoms with Gasteiger partial charge in [0.2, 0.25) is 5.91 Å². The van der Waals surface area contributed by atoms with E-state index in [2.05, 4.69) is 5.32 Å². The number of nitrogens with one attached hydrogen (secondary N) is 1. The van der Waals surface area contributed by atoms with Crippen molar-refractivity contribution in [3.05, 3.63) is 0 Å². The Balaban J connectivity index is 2.40. The molecule has 0 saturated carbocycles. The van der Waals surface area contributed by atoms with Gasteiger partial charge in [0, 0.05) is 31.6 Å². The molecule has 1 fully saturated rings. The van der Waals surface area contributed by atoms with Gasteiger partial charge in [-0.15, -0.1) is 0 Å². The fourth-order valence-electron chi connectivity index (χ4n) is 2.07. The van der Waals surface area contributed by atoms with Crippen LogP contribution in [0.1, 0.15) is 33.1 Å². The molecule has 1 saturated heterocycles. The lowest BCUT2D eigenvalue weighted by Gasteiger charge is -2.33. The Morgan fingerprint density at radius 3 is 2.89 bits per heavy atom. The van der Waals surface area contributed by atoms with E-state index >= 15 is 0 Å². The topological polar surface area (TPSA) is 84.7 Å². The second kappa shape index (κ2) is 7.20. The van der Waals surface area contributed by atoms with Crippen LogP contribution in [0.15, 0.2) is 0 Å². The van der Waals surface area contributed by atoms with Gasteiger partial charge in [-0.25, -0.2) is 4.79 Å². The highest BCUT2D eigenvalue weighted by molar-refractivity contribution is 5.77. The van der Waals surface area contributed by atoms with Crippen molar-refractivity contribution in [1.29, 1.82) is 0 Å². The van der Waals surface area contributed by atoms with Crippen molar-refractivity contribution >= 4 is 12.0 Å². The third-order valence-electron chi connectivity index (χ3n) is 2.87.